The Morgan fingerprint density at radius 3 is 2.53 bits per heavy atom. The molecule has 0 bridgehead atoms. The van der Waals surface area contributed by atoms with E-state index in [1.165, 1.54) is 20.0 Å². The van der Waals surface area contributed by atoms with Crippen molar-refractivity contribution in [3.05, 3.63) is 29.8 Å². The third-order valence-electron chi connectivity index (χ3n) is 3.29. The van der Waals surface area contributed by atoms with Crippen LogP contribution in [-0.2, 0) is 4.74 Å². The van der Waals surface area contributed by atoms with Crippen LogP contribution >= 0.6 is 0 Å². The van der Waals surface area contributed by atoms with Gasteiger partial charge >= 0.3 is 5.97 Å². The smallest absolute Gasteiger partial charge is 0.337 e. The van der Waals surface area contributed by atoms with E-state index >= 15 is 0 Å². The lowest BCUT2D eigenvalue weighted by molar-refractivity contribution is 0.0601. The van der Waals surface area contributed by atoms with Crippen molar-refractivity contribution in [2.75, 3.05) is 12.4 Å². The Morgan fingerprint density at radius 2 is 2.06 bits per heavy atom. The van der Waals surface area contributed by atoms with Gasteiger partial charge < -0.3 is 10.1 Å². The number of methoxy groups -OCH3 is 1. The Morgan fingerprint density at radius 1 is 1.41 bits per heavy atom. The van der Waals surface area contributed by atoms with Crippen molar-refractivity contribution in [1.82, 2.24) is 0 Å². The third kappa shape index (κ3) is 2.99. The molecule has 1 aliphatic rings. The number of anilines is 1. The van der Waals surface area contributed by atoms with E-state index < -0.39 is 0 Å². The van der Waals surface area contributed by atoms with Crippen LogP contribution in [0.15, 0.2) is 24.3 Å². The van der Waals surface area contributed by atoms with Gasteiger partial charge in [0.05, 0.1) is 12.7 Å². The van der Waals surface area contributed by atoms with Crippen LogP contribution < -0.4 is 5.32 Å². The predicted molar refractivity (Wildman–Crippen MR) is 68.2 cm³/mol. The molecule has 0 radical (unpaired) electrons. The van der Waals surface area contributed by atoms with Crippen LogP contribution in [0.2, 0.25) is 0 Å². The second kappa shape index (κ2) is 5.21. The van der Waals surface area contributed by atoms with Crippen LogP contribution in [0.1, 0.15) is 36.5 Å². The van der Waals surface area contributed by atoms with E-state index in [0.29, 0.717) is 11.6 Å². The number of benzene rings is 1. The maximum atomic E-state index is 11.3. The first kappa shape index (κ1) is 12.0. The van der Waals surface area contributed by atoms with E-state index in [-0.39, 0.29) is 5.97 Å². The van der Waals surface area contributed by atoms with E-state index in [9.17, 15) is 4.79 Å². The maximum absolute atomic E-state index is 11.3. The lowest BCUT2D eigenvalue weighted by Gasteiger charge is -2.17. The molecule has 92 valence electrons. The number of esters is 1. The Hall–Kier alpha value is -1.51. The predicted octanol–water partition coefficient (Wildman–Crippen LogP) is 3.07. The number of rotatable bonds is 5. The fourth-order valence-electron chi connectivity index (χ4n) is 2.09. The summed E-state index contributed by atoms with van der Waals surface area (Å²) >= 11 is 0. The van der Waals surface area contributed by atoms with Crippen molar-refractivity contribution in [2.45, 2.75) is 32.2 Å². The topological polar surface area (TPSA) is 38.3 Å². The van der Waals surface area contributed by atoms with Gasteiger partial charge in [0.15, 0.2) is 0 Å². The summed E-state index contributed by atoms with van der Waals surface area (Å²) < 4.78 is 4.67. The summed E-state index contributed by atoms with van der Waals surface area (Å²) in [6, 6.07) is 8.05. The van der Waals surface area contributed by atoms with E-state index in [4.69, 9.17) is 0 Å². The summed E-state index contributed by atoms with van der Waals surface area (Å²) in [6.45, 7) is 2.21. The first-order chi connectivity index (χ1) is 8.24. The zero-order valence-electron chi connectivity index (χ0n) is 10.4. The van der Waals surface area contributed by atoms with E-state index in [2.05, 4.69) is 17.0 Å². The van der Waals surface area contributed by atoms with Gasteiger partial charge in [0.1, 0.15) is 0 Å². The molecule has 1 aromatic carbocycles. The summed E-state index contributed by atoms with van der Waals surface area (Å²) in [5.41, 5.74) is 1.67. The molecule has 1 fully saturated rings. The minimum Gasteiger partial charge on any atom is -0.465 e. The first-order valence-electron chi connectivity index (χ1n) is 6.19. The van der Waals surface area contributed by atoms with Crippen LogP contribution in [0.4, 0.5) is 5.69 Å². The molecule has 0 aromatic heterocycles. The molecule has 3 nitrogen and oxygen atoms in total. The molecule has 0 spiro atoms. The average Bonchev–Trinajstić information content (AvgIpc) is 3.20. The van der Waals surface area contributed by atoms with Gasteiger partial charge in [-0.15, -0.1) is 0 Å². The zero-order chi connectivity index (χ0) is 12.3. The standard InChI is InChI=1S/C14H19NO2/c1-3-13(10-4-5-10)15-12-8-6-11(7-9-12)14(16)17-2/h6-10,13,15H,3-5H2,1-2H3. The average molecular weight is 233 g/mol. The van der Waals surface area contributed by atoms with Crippen molar-refractivity contribution in [2.24, 2.45) is 5.92 Å². The van der Waals surface area contributed by atoms with Crippen molar-refractivity contribution in [3.8, 4) is 0 Å². The number of carbonyl (C=O) groups excluding carboxylic acids is 1. The quantitative estimate of drug-likeness (QED) is 0.794. The minimum absolute atomic E-state index is 0.286. The number of nitrogens with one attached hydrogen (secondary N) is 1. The molecule has 1 saturated carbocycles. The maximum Gasteiger partial charge on any atom is 0.337 e. The van der Waals surface area contributed by atoms with Gasteiger partial charge in [-0.05, 0) is 49.4 Å². The highest BCUT2D eigenvalue weighted by Gasteiger charge is 2.29. The summed E-state index contributed by atoms with van der Waals surface area (Å²) in [5.74, 6) is 0.547. The second-order valence-corrected chi connectivity index (χ2v) is 4.57. The third-order valence-corrected chi connectivity index (χ3v) is 3.29. The van der Waals surface area contributed by atoms with Crippen LogP contribution in [0.3, 0.4) is 0 Å². The van der Waals surface area contributed by atoms with Crippen LogP contribution in [-0.4, -0.2) is 19.1 Å². The highest BCUT2D eigenvalue weighted by atomic mass is 16.5. The number of hydrogen-bond donors (Lipinski definition) is 1. The zero-order valence-corrected chi connectivity index (χ0v) is 10.4. The van der Waals surface area contributed by atoms with E-state index in [1.54, 1.807) is 12.1 Å². The monoisotopic (exact) mass is 233 g/mol. The van der Waals surface area contributed by atoms with Crippen molar-refractivity contribution >= 4 is 11.7 Å². The molecule has 3 heteroatoms. The molecule has 1 aromatic rings. The van der Waals surface area contributed by atoms with Gasteiger partial charge in [-0.2, -0.15) is 0 Å². The van der Waals surface area contributed by atoms with Gasteiger partial charge in [-0.3, -0.25) is 0 Å². The molecule has 1 atom stereocenters. The lowest BCUT2D eigenvalue weighted by Crippen LogP contribution is -2.20. The fourth-order valence-corrected chi connectivity index (χ4v) is 2.09. The summed E-state index contributed by atoms with van der Waals surface area (Å²) in [4.78, 5) is 11.3. The summed E-state index contributed by atoms with van der Waals surface area (Å²) in [6.07, 6.45) is 3.82. The Labute approximate surface area is 102 Å². The van der Waals surface area contributed by atoms with Crippen molar-refractivity contribution < 1.29 is 9.53 Å². The highest BCUT2D eigenvalue weighted by molar-refractivity contribution is 5.89. The molecule has 0 saturated heterocycles. The van der Waals surface area contributed by atoms with Crippen molar-refractivity contribution in [1.29, 1.82) is 0 Å². The van der Waals surface area contributed by atoms with E-state index in [0.717, 1.165) is 18.0 Å². The van der Waals surface area contributed by atoms with Crippen LogP contribution in [0.25, 0.3) is 0 Å². The van der Waals surface area contributed by atoms with Crippen LogP contribution in [0, 0.1) is 5.92 Å². The Balaban J connectivity index is 1.99. The Kier molecular flexibility index (Phi) is 3.67. The minimum atomic E-state index is -0.286. The Bertz CT molecular complexity index is 382. The molecule has 0 amide bonds. The second-order valence-electron chi connectivity index (χ2n) is 4.57. The molecule has 1 N–H and O–H groups in total. The molecular formula is C14H19NO2. The van der Waals surface area contributed by atoms with Gasteiger partial charge in [0.25, 0.3) is 0 Å². The number of hydrogen-bond acceptors (Lipinski definition) is 3. The van der Waals surface area contributed by atoms with Gasteiger partial charge in [0.2, 0.25) is 0 Å². The lowest BCUT2D eigenvalue weighted by atomic mass is 10.1. The van der Waals surface area contributed by atoms with Gasteiger partial charge in [-0.1, -0.05) is 6.92 Å². The normalized spacial score (nSPS) is 16.4. The first-order valence-corrected chi connectivity index (χ1v) is 6.19. The SMILES string of the molecule is CCC(Nc1ccc(C(=O)OC)cc1)C1CC1. The summed E-state index contributed by atoms with van der Waals surface area (Å²) in [5, 5.41) is 3.52. The van der Waals surface area contributed by atoms with Crippen molar-refractivity contribution in [3.63, 3.8) is 0 Å². The fraction of sp³-hybridized carbons (Fsp3) is 0.500. The van der Waals surface area contributed by atoms with Gasteiger partial charge in [0, 0.05) is 11.7 Å². The largest absolute Gasteiger partial charge is 0.465 e. The summed E-state index contributed by atoms with van der Waals surface area (Å²) in [7, 11) is 1.40. The highest BCUT2D eigenvalue weighted by Crippen LogP contribution is 2.35. The number of ether oxygens (including phenoxy) is 1. The molecule has 17 heavy (non-hydrogen) atoms. The molecule has 2 rings (SSSR count). The molecular weight excluding hydrogens is 214 g/mol. The van der Waals surface area contributed by atoms with Gasteiger partial charge in [-0.25, -0.2) is 4.79 Å². The molecule has 1 unspecified atom stereocenters. The van der Waals surface area contributed by atoms with Crippen LogP contribution in [0.5, 0.6) is 0 Å². The van der Waals surface area contributed by atoms with E-state index in [1.807, 2.05) is 12.1 Å². The molecule has 1 aliphatic carbocycles. The molecule has 0 heterocycles. The molecule has 0 aliphatic heterocycles. The number of carbonyl (C=O) groups is 1.